The predicted molar refractivity (Wildman–Crippen MR) is 111 cm³/mol. The highest BCUT2D eigenvalue weighted by molar-refractivity contribution is 5.40. The topological polar surface area (TPSA) is 47.7 Å². The molecule has 2 aromatic rings. The first-order valence-corrected chi connectivity index (χ1v) is 10.1. The smallest absolute Gasteiger partial charge is 0.244 e. The molecule has 0 amide bonds. The Kier molecular flexibility index (Phi) is 8.82. The largest absolute Gasteiger partial charge is 0.594 e. The number of rotatable bonds is 11. The molecule has 0 spiro atoms. The van der Waals surface area contributed by atoms with Gasteiger partial charge in [0.15, 0.2) is 0 Å². The van der Waals surface area contributed by atoms with Crippen LogP contribution in [-0.4, -0.2) is 11.5 Å². The lowest BCUT2D eigenvalue weighted by Crippen LogP contribution is -1.98. The lowest BCUT2D eigenvalue weighted by atomic mass is 9.99. The maximum atomic E-state index is 12.3. The van der Waals surface area contributed by atoms with Crippen molar-refractivity contribution in [1.82, 2.24) is 0 Å². The molecule has 4 nitrogen and oxygen atoms in total. The molecule has 0 aliphatic heterocycles. The van der Waals surface area contributed by atoms with Crippen molar-refractivity contribution in [2.45, 2.75) is 59.3 Å². The number of hydrogen-bond acceptors (Lipinski definition) is 3. The summed E-state index contributed by atoms with van der Waals surface area (Å²) in [4.78, 5) is 0.674. The van der Waals surface area contributed by atoms with Gasteiger partial charge in [0.05, 0.1) is 6.61 Å². The molecule has 0 saturated heterocycles. The second-order valence-corrected chi connectivity index (χ2v) is 7.16. The van der Waals surface area contributed by atoms with Gasteiger partial charge in [-0.05, 0) is 48.6 Å². The molecule has 0 radical (unpaired) electrons. The second kappa shape index (κ2) is 11.4. The predicted octanol–water partition coefficient (Wildman–Crippen LogP) is 7.16. The molecule has 0 saturated carbocycles. The van der Waals surface area contributed by atoms with Crippen LogP contribution in [-0.2, 0) is 6.42 Å². The zero-order valence-electron chi connectivity index (χ0n) is 16.9. The zero-order valence-corrected chi connectivity index (χ0v) is 16.9. The van der Waals surface area contributed by atoms with Crippen molar-refractivity contribution in [2.75, 3.05) is 6.61 Å². The number of benzene rings is 2. The zero-order chi connectivity index (χ0) is 19.5. The lowest BCUT2D eigenvalue weighted by molar-refractivity contribution is -0.435. The Bertz CT molecular complexity index is 693. The molecule has 0 heterocycles. The van der Waals surface area contributed by atoms with Crippen molar-refractivity contribution < 1.29 is 9.60 Å². The van der Waals surface area contributed by atoms with Crippen molar-refractivity contribution in [3.63, 3.8) is 0 Å². The minimum absolute atomic E-state index is 0.541. The first-order chi connectivity index (χ1) is 13.1. The van der Waals surface area contributed by atoms with Crippen molar-refractivity contribution in [2.24, 2.45) is 11.0 Å². The fraction of sp³-hybridized carbons (Fsp3) is 0.478. The van der Waals surface area contributed by atoms with E-state index in [9.17, 15) is 5.21 Å². The monoisotopic (exact) mass is 368 g/mol. The van der Waals surface area contributed by atoms with E-state index in [2.05, 4.69) is 25.9 Å². The summed E-state index contributed by atoms with van der Waals surface area (Å²) in [5.41, 5.74) is 2.41. The maximum absolute atomic E-state index is 12.3. The summed E-state index contributed by atoms with van der Waals surface area (Å²) in [5, 5.41) is 16.4. The normalized spacial score (nSPS) is 12.8. The van der Waals surface area contributed by atoms with E-state index in [-0.39, 0.29) is 0 Å². The molecule has 0 aliphatic rings. The Balaban J connectivity index is 1.91. The van der Waals surface area contributed by atoms with Crippen molar-refractivity contribution in [1.29, 1.82) is 0 Å². The Hall–Kier alpha value is -2.36. The van der Waals surface area contributed by atoms with Gasteiger partial charge in [0.2, 0.25) is 5.69 Å². The van der Waals surface area contributed by atoms with Gasteiger partial charge in [-0.2, -0.15) is 0 Å². The van der Waals surface area contributed by atoms with E-state index in [1.807, 2.05) is 48.5 Å². The number of azo groups is 1. The van der Waals surface area contributed by atoms with Crippen molar-refractivity contribution in [3.05, 3.63) is 59.3 Å². The Morgan fingerprint density at radius 1 is 0.963 bits per heavy atom. The van der Waals surface area contributed by atoms with Crippen LogP contribution in [0.4, 0.5) is 11.4 Å². The van der Waals surface area contributed by atoms with E-state index in [0.29, 0.717) is 22.2 Å². The van der Waals surface area contributed by atoms with Crippen LogP contribution in [0.2, 0.25) is 0 Å². The molecule has 1 unspecified atom stereocenters. The molecule has 0 bridgehead atoms. The molecule has 0 aliphatic carbocycles. The molecule has 1 atom stereocenters. The Morgan fingerprint density at radius 3 is 2.30 bits per heavy atom. The van der Waals surface area contributed by atoms with E-state index in [1.54, 1.807) is 0 Å². The highest BCUT2D eigenvalue weighted by atomic mass is 16.5. The molecule has 2 aromatic carbocycles. The summed E-state index contributed by atoms with van der Waals surface area (Å²) < 4.78 is 5.72. The molecular formula is C23H32N2O2. The minimum Gasteiger partial charge on any atom is -0.594 e. The summed E-state index contributed by atoms with van der Waals surface area (Å²) in [6, 6.07) is 15.0. The Labute approximate surface area is 163 Å². The number of nitrogens with zero attached hydrogens (tertiary/aromatic N) is 2. The molecule has 4 heteroatoms. The lowest BCUT2D eigenvalue weighted by Gasteiger charge is -2.08. The SMILES string of the molecule is CCCCCCOc1ccc(N=[N+]([O-])c2ccc(CC(C)CC)cc2)cc1. The summed E-state index contributed by atoms with van der Waals surface area (Å²) >= 11 is 0. The molecule has 2 rings (SSSR count). The summed E-state index contributed by atoms with van der Waals surface area (Å²) in [6.45, 7) is 7.36. The summed E-state index contributed by atoms with van der Waals surface area (Å²) in [7, 11) is 0. The van der Waals surface area contributed by atoms with Gasteiger partial charge in [-0.1, -0.05) is 63.4 Å². The van der Waals surface area contributed by atoms with Crippen LogP contribution in [0.15, 0.2) is 53.6 Å². The van der Waals surface area contributed by atoms with Crippen LogP contribution in [0, 0.1) is 11.1 Å². The maximum Gasteiger partial charge on any atom is 0.244 e. The summed E-state index contributed by atoms with van der Waals surface area (Å²) in [6.07, 6.45) is 6.93. The first kappa shape index (κ1) is 20.9. The van der Waals surface area contributed by atoms with Gasteiger partial charge in [0, 0.05) is 17.2 Å². The van der Waals surface area contributed by atoms with Crippen LogP contribution in [0.1, 0.15) is 58.4 Å². The first-order valence-electron chi connectivity index (χ1n) is 10.1. The third kappa shape index (κ3) is 7.41. The van der Waals surface area contributed by atoms with Gasteiger partial charge in [0.25, 0.3) is 0 Å². The number of ether oxygens (including phenoxy) is 1. The molecule has 146 valence electrons. The van der Waals surface area contributed by atoms with Gasteiger partial charge in [0.1, 0.15) is 11.4 Å². The third-order valence-corrected chi connectivity index (χ3v) is 4.75. The average Bonchev–Trinajstić information content (AvgIpc) is 2.69. The molecule has 0 fully saturated rings. The Morgan fingerprint density at radius 2 is 1.67 bits per heavy atom. The van der Waals surface area contributed by atoms with Crippen LogP contribution in [0.5, 0.6) is 5.75 Å². The quantitative estimate of drug-likeness (QED) is 0.183. The van der Waals surface area contributed by atoms with Gasteiger partial charge in [-0.15, -0.1) is 0 Å². The van der Waals surface area contributed by atoms with E-state index < -0.39 is 0 Å². The molecular weight excluding hydrogens is 336 g/mol. The fourth-order valence-corrected chi connectivity index (χ4v) is 2.80. The average molecular weight is 369 g/mol. The van der Waals surface area contributed by atoms with Gasteiger partial charge in [-0.3, -0.25) is 0 Å². The second-order valence-electron chi connectivity index (χ2n) is 7.16. The fourth-order valence-electron chi connectivity index (χ4n) is 2.80. The van der Waals surface area contributed by atoms with E-state index >= 15 is 0 Å². The molecule has 0 aromatic heterocycles. The van der Waals surface area contributed by atoms with Crippen molar-refractivity contribution in [3.8, 4) is 5.75 Å². The highest BCUT2D eigenvalue weighted by Crippen LogP contribution is 2.22. The standard InChI is InChI=1S/C23H32N2O2/c1-4-6-7-8-17-27-23-15-11-21(12-16-23)24-25(26)22-13-9-20(10-14-22)18-19(3)5-2/h9-16,19H,4-8,17-18H2,1-3H3. The number of hydrogen-bond donors (Lipinski definition) is 0. The van der Waals surface area contributed by atoms with E-state index in [4.69, 9.17) is 4.74 Å². The number of unbranched alkanes of at least 4 members (excludes halogenated alkanes) is 3. The van der Waals surface area contributed by atoms with Crippen molar-refractivity contribution >= 4 is 11.4 Å². The molecule has 27 heavy (non-hydrogen) atoms. The van der Waals surface area contributed by atoms with Gasteiger partial charge >= 0.3 is 0 Å². The minimum atomic E-state index is 0.541. The van der Waals surface area contributed by atoms with E-state index in [1.165, 1.54) is 24.8 Å². The van der Waals surface area contributed by atoms with Crippen LogP contribution < -0.4 is 4.74 Å². The van der Waals surface area contributed by atoms with Gasteiger partial charge in [-0.25, -0.2) is 0 Å². The third-order valence-electron chi connectivity index (χ3n) is 4.75. The van der Waals surface area contributed by atoms with E-state index in [0.717, 1.165) is 31.6 Å². The molecule has 0 N–H and O–H groups in total. The van der Waals surface area contributed by atoms with Crippen LogP contribution in [0.3, 0.4) is 0 Å². The van der Waals surface area contributed by atoms with Crippen LogP contribution in [0.25, 0.3) is 0 Å². The highest BCUT2D eigenvalue weighted by Gasteiger charge is 2.06. The van der Waals surface area contributed by atoms with Gasteiger partial charge < -0.3 is 9.94 Å². The van der Waals surface area contributed by atoms with Crippen LogP contribution >= 0.6 is 0 Å². The summed E-state index contributed by atoms with van der Waals surface area (Å²) in [5.74, 6) is 1.47.